The molecule has 0 saturated heterocycles. The fourth-order valence-electron chi connectivity index (χ4n) is 7.85. The highest BCUT2D eigenvalue weighted by Gasteiger charge is 2.19. The van der Waals surface area contributed by atoms with Gasteiger partial charge in [-0.3, -0.25) is 14.4 Å². The average molecular weight is 948 g/mol. The number of carbonyl (C=O) groups excluding carboxylic acids is 3. The lowest BCUT2D eigenvalue weighted by atomic mass is 10.1. The van der Waals surface area contributed by atoms with E-state index in [-0.39, 0.29) is 31.1 Å². The molecule has 0 aliphatic rings. The first kappa shape index (κ1) is 64.6. The van der Waals surface area contributed by atoms with Crippen molar-refractivity contribution in [2.75, 3.05) is 13.2 Å². The van der Waals surface area contributed by atoms with Crippen molar-refractivity contribution in [1.82, 2.24) is 0 Å². The lowest BCUT2D eigenvalue weighted by molar-refractivity contribution is -0.167. The zero-order chi connectivity index (χ0) is 49.3. The number of allylic oxidation sites excluding steroid dienone is 14. The highest BCUT2D eigenvalue weighted by Crippen LogP contribution is 2.15. The summed E-state index contributed by atoms with van der Waals surface area (Å²) in [6, 6.07) is 0. The Kier molecular flexibility index (Phi) is 53.4. The Bertz CT molecular complexity index is 1320. The van der Waals surface area contributed by atoms with Gasteiger partial charge in [0.05, 0.1) is 0 Å². The molecule has 1 unspecified atom stereocenters. The maximum Gasteiger partial charge on any atom is 0.306 e. The van der Waals surface area contributed by atoms with Crippen LogP contribution in [0, 0.1) is 0 Å². The Morgan fingerprint density at radius 2 is 0.618 bits per heavy atom. The number of ether oxygens (including phenoxy) is 3. The normalized spacial score (nSPS) is 12.7. The number of rotatable bonds is 51. The topological polar surface area (TPSA) is 78.9 Å². The van der Waals surface area contributed by atoms with Crippen LogP contribution >= 0.6 is 0 Å². The minimum absolute atomic E-state index is 0.0916. The summed E-state index contributed by atoms with van der Waals surface area (Å²) in [7, 11) is 0. The van der Waals surface area contributed by atoms with Gasteiger partial charge in [-0.25, -0.2) is 0 Å². The van der Waals surface area contributed by atoms with Crippen LogP contribution in [-0.4, -0.2) is 37.2 Å². The van der Waals surface area contributed by atoms with E-state index in [4.69, 9.17) is 14.2 Å². The first-order chi connectivity index (χ1) is 33.5. The second kappa shape index (κ2) is 56.2. The Morgan fingerprint density at radius 3 is 1.01 bits per heavy atom. The molecule has 0 aromatic carbocycles. The van der Waals surface area contributed by atoms with Crippen LogP contribution < -0.4 is 0 Å². The third-order valence-corrected chi connectivity index (χ3v) is 12.2. The van der Waals surface area contributed by atoms with Crippen molar-refractivity contribution in [2.45, 2.75) is 277 Å². The summed E-state index contributed by atoms with van der Waals surface area (Å²) in [6.45, 7) is 6.44. The van der Waals surface area contributed by atoms with Crippen molar-refractivity contribution >= 4 is 17.9 Å². The van der Waals surface area contributed by atoms with Gasteiger partial charge in [-0.05, 0) is 103 Å². The van der Waals surface area contributed by atoms with Crippen LogP contribution in [-0.2, 0) is 28.6 Å². The SMILES string of the molecule is CC/C=C\C/C=C\C/C=C\CCCCC(=O)OCC(COC(=O)CCCCCCCCCCCC/C=C\C=C/CCCCC)OC(=O)CCCCCCCCCCCC/C=C\C=C/CCCCC. The quantitative estimate of drug-likeness (QED) is 0.0199. The summed E-state index contributed by atoms with van der Waals surface area (Å²) in [5.41, 5.74) is 0. The minimum Gasteiger partial charge on any atom is -0.462 e. The number of hydrogen-bond donors (Lipinski definition) is 0. The Hall–Kier alpha value is -3.41. The van der Waals surface area contributed by atoms with Gasteiger partial charge >= 0.3 is 17.9 Å². The van der Waals surface area contributed by atoms with E-state index in [1.807, 2.05) is 0 Å². The minimum atomic E-state index is -0.796. The molecule has 6 nitrogen and oxygen atoms in total. The third-order valence-electron chi connectivity index (χ3n) is 12.2. The van der Waals surface area contributed by atoms with Crippen LogP contribution in [0.2, 0.25) is 0 Å². The summed E-state index contributed by atoms with van der Waals surface area (Å²) in [6.07, 6.45) is 72.9. The zero-order valence-corrected chi connectivity index (χ0v) is 44.6. The number of carbonyl (C=O) groups is 3. The molecular formula is C62H106O6. The van der Waals surface area contributed by atoms with Crippen molar-refractivity contribution in [2.24, 2.45) is 0 Å². The molecule has 0 saturated carbocycles. The predicted octanol–water partition coefficient (Wildman–Crippen LogP) is 19.2. The van der Waals surface area contributed by atoms with E-state index in [1.165, 1.54) is 154 Å². The number of unbranched alkanes of at least 4 members (excludes halogenated alkanes) is 28. The molecule has 0 aliphatic carbocycles. The second-order valence-electron chi connectivity index (χ2n) is 18.9. The lowest BCUT2D eigenvalue weighted by Crippen LogP contribution is -2.30. The van der Waals surface area contributed by atoms with E-state index in [1.54, 1.807) is 0 Å². The van der Waals surface area contributed by atoms with Crippen LogP contribution in [0.3, 0.4) is 0 Å². The maximum absolute atomic E-state index is 12.9. The predicted molar refractivity (Wildman–Crippen MR) is 293 cm³/mol. The highest BCUT2D eigenvalue weighted by atomic mass is 16.6. The lowest BCUT2D eigenvalue weighted by Gasteiger charge is -2.18. The Balaban J connectivity index is 4.38. The molecule has 1 atom stereocenters. The van der Waals surface area contributed by atoms with Crippen molar-refractivity contribution in [3.05, 3.63) is 85.1 Å². The first-order valence-electron chi connectivity index (χ1n) is 28.6. The number of esters is 3. The molecule has 68 heavy (non-hydrogen) atoms. The van der Waals surface area contributed by atoms with Gasteiger partial charge < -0.3 is 14.2 Å². The van der Waals surface area contributed by atoms with Gasteiger partial charge in [0.1, 0.15) is 13.2 Å². The van der Waals surface area contributed by atoms with E-state index in [0.29, 0.717) is 19.3 Å². The van der Waals surface area contributed by atoms with Gasteiger partial charge in [-0.1, -0.05) is 234 Å². The van der Waals surface area contributed by atoms with Gasteiger partial charge in [0.15, 0.2) is 6.10 Å². The van der Waals surface area contributed by atoms with Crippen molar-refractivity contribution in [1.29, 1.82) is 0 Å². The van der Waals surface area contributed by atoms with Crippen LogP contribution in [0.5, 0.6) is 0 Å². The maximum atomic E-state index is 12.9. The summed E-state index contributed by atoms with van der Waals surface area (Å²) in [5.74, 6) is -0.935. The molecule has 0 aromatic rings. The molecule has 0 N–H and O–H groups in total. The van der Waals surface area contributed by atoms with Crippen molar-refractivity contribution in [3.63, 3.8) is 0 Å². The fraction of sp³-hybridized carbons (Fsp3) is 0.726. The van der Waals surface area contributed by atoms with Gasteiger partial charge in [-0.2, -0.15) is 0 Å². The molecule has 0 fully saturated rings. The molecule has 0 rings (SSSR count). The number of hydrogen-bond acceptors (Lipinski definition) is 6. The molecule has 0 radical (unpaired) electrons. The van der Waals surface area contributed by atoms with Gasteiger partial charge in [0.25, 0.3) is 0 Å². The molecule has 0 amide bonds. The third kappa shape index (κ3) is 53.5. The second-order valence-corrected chi connectivity index (χ2v) is 18.9. The first-order valence-corrected chi connectivity index (χ1v) is 28.6. The standard InChI is InChI=1S/C62H106O6/c1-4-7-10-13-16-19-22-25-27-29-31-33-35-37-40-43-46-49-52-55-61(64)67-58-59(57-66-60(63)54-51-48-45-42-39-24-21-18-15-12-9-6-3)68-62(65)56-53-50-47-44-41-38-36-34-32-30-28-26-23-20-17-14-11-8-5-2/h9,12,16-23,25-26,39,42,59H,4-8,10-11,13-15,24,27-38,40-41,43-58H2,1-3H3/b12-9-,19-16-,20-17-,21-18-,25-22-,26-23-,42-39-. The molecule has 0 heterocycles. The molecule has 0 spiro atoms. The Morgan fingerprint density at radius 1 is 0.324 bits per heavy atom. The summed E-state index contributed by atoms with van der Waals surface area (Å²) < 4.78 is 16.8. The highest BCUT2D eigenvalue weighted by molar-refractivity contribution is 5.71. The van der Waals surface area contributed by atoms with Crippen LogP contribution in [0.15, 0.2) is 85.1 Å². The molecule has 390 valence electrons. The van der Waals surface area contributed by atoms with Gasteiger partial charge in [0.2, 0.25) is 0 Å². The van der Waals surface area contributed by atoms with Crippen LogP contribution in [0.1, 0.15) is 271 Å². The molecule has 0 bridgehead atoms. The van der Waals surface area contributed by atoms with Crippen LogP contribution in [0.25, 0.3) is 0 Å². The van der Waals surface area contributed by atoms with E-state index >= 15 is 0 Å². The average Bonchev–Trinajstić information content (AvgIpc) is 3.34. The van der Waals surface area contributed by atoms with E-state index in [0.717, 1.165) is 77.0 Å². The summed E-state index contributed by atoms with van der Waals surface area (Å²) in [4.78, 5) is 38.1. The molecule has 0 aromatic heterocycles. The molecular weight excluding hydrogens is 841 g/mol. The summed E-state index contributed by atoms with van der Waals surface area (Å²) >= 11 is 0. The van der Waals surface area contributed by atoms with Gasteiger partial charge in [0, 0.05) is 19.3 Å². The fourth-order valence-corrected chi connectivity index (χ4v) is 7.85. The Labute approximate surface area is 420 Å². The monoisotopic (exact) mass is 947 g/mol. The van der Waals surface area contributed by atoms with Crippen LogP contribution in [0.4, 0.5) is 0 Å². The summed E-state index contributed by atoms with van der Waals surface area (Å²) in [5, 5.41) is 0. The molecule has 0 aliphatic heterocycles. The van der Waals surface area contributed by atoms with Gasteiger partial charge in [-0.15, -0.1) is 0 Å². The molecule has 6 heteroatoms. The van der Waals surface area contributed by atoms with E-state index in [2.05, 4.69) is 106 Å². The smallest absolute Gasteiger partial charge is 0.306 e. The van der Waals surface area contributed by atoms with E-state index < -0.39 is 6.10 Å². The zero-order valence-electron chi connectivity index (χ0n) is 44.6. The van der Waals surface area contributed by atoms with E-state index in [9.17, 15) is 14.4 Å². The largest absolute Gasteiger partial charge is 0.462 e. The van der Waals surface area contributed by atoms with Crippen molar-refractivity contribution in [3.8, 4) is 0 Å². The van der Waals surface area contributed by atoms with Crippen molar-refractivity contribution < 1.29 is 28.6 Å².